The van der Waals surface area contributed by atoms with Crippen molar-refractivity contribution in [2.75, 3.05) is 31.5 Å². The first kappa shape index (κ1) is 21.6. The third-order valence-corrected chi connectivity index (χ3v) is 7.30. The lowest BCUT2D eigenvalue weighted by molar-refractivity contribution is -0.903. The predicted molar refractivity (Wildman–Crippen MR) is 110 cm³/mol. The van der Waals surface area contributed by atoms with Crippen molar-refractivity contribution in [2.24, 2.45) is 0 Å². The van der Waals surface area contributed by atoms with Gasteiger partial charge in [-0.2, -0.15) is 4.31 Å². The number of amides is 1. The molecule has 6 nitrogen and oxygen atoms in total. The zero-order valence-corrected chi connectivity index (χ0v) is 17.7. The Morgan fingerprint density at radius 1 is 1.15 bits per heavy atom. The van der Waals surface area contributed by atoms with E-state index in [4.69, 9.17) is 0 Å². The van der Waals surface area contributed by atoms with E-state index in [0.717, 1.165) is 18.0 Å². The lowest BCUT2D eigenvalue weighted by Crippen LogP contribution is -3.11. The molecule has 0 saturated heterocycles. The second-order valence-corrected chi connectivity index (χ2v) is 9.17. The second-order valence-electron chi connectivity index (χ2n) is 6.20. The lowest BCUT2D eigenvalue weighted by atomic mass is 10.3. The van der Waals surface area contributed by atoms with Gasteiger partial charge in [0, 0.05) is 18.8 Å². The van der Waals surface area contributed by atoms with Gasteiger partial charge in [-0.1, -0.05) is 26.0 Å². The van der Waals surface area contributed by atoms with Gasteiger partial charge in [-0.25, -0.2) is 8.42 Å². The van der Waals surface area contributed by atoms with E-state index in [2.05, 4.69) is 11.4 Å². The number of nitrogens with zero attached hydrogens (tertiary/aromatic N) is 1. The highest BCUT2D eigenvalue weighted by molar-refractivity contribution is 7.89. The molecular formula is C19H28N3O3S2+. The Hall–Kier alpha value is -1.74. The van der Waals surface area contributed by atoms with Crippen LogP contribution in [0.5, 0.6) is 0 Å². The molecular weight excluding hydrogens is 382 g/mol. The minimum atomic E-state index is -3.54. The third kappa shape index (κ3) is 5.87. The number of carbonyl (C=O) groups excluding carboxylic acids is 1. The molecule has 1 aromatic heterocycles. The number of sulfonamides is 1. The fraction of sp³-hybridized carbons (Fsp3) is 0.421. The molecule has 0 aliphatic carbocycles. The molecule has 2 N–H and O–H groups in total. The fourth-order valence-electron chi connectivity index (χ4n) is 2.85. The van der Waals surface area contributed by atoms with E-state index in [-0.39, 0.29) is 10.8 Å². The summed E-state index contributed by atoms with van der Waals surface area (Å²) < 4.78 is 26.7. The number of rotatable bonds is 10. The average Bonchev–Trinajstić information content (AvgIpc) is 3.15. The van der Waals surface area contributed by atoms with Crippen molar-refractivity contribution in [3.8, 4) is 0 Å². The summed E-state index contributed by atoms with van der Waals surface area (Å²) in [5, 5.41) is 4.87. The normalized spacial score (nSPS) is 12.9. The maximum Gasteiger partial charge on any atom is 0.279 e. The summed E-state index contributed by atoms with van der Waals surface area (Å²) in [5.41, 5.74) is 0.500. The summed E-state index contributed by atoms with van der Waals surface area (Å²) in [4.78, 5) is 15.0. The Labute approximate surface area is 165 Å². The zero-order valence-electron chi connectivity index (χ0n) is 16.1. The maximum absolute atomic E-state index is 12.6. The Morgan fingerprint density at radius 2 is 1.89 bits per heavy atom. The molecule has 148 valence electrons. The van der Waals surface area contributed by atoms with Crippen molar-refractivity contribution in [3.63, 3.8) is 0 Å². The summed E-state index contributed by atoms with van der Waals surface area (Å²) in [6, 6.07) is 10.5. The average molecular weight is 411 g/mol. The monoisotopic (exact) mass is 410 g/mol. The molecule has 0 bridgehead atoms. The van der Waals surface area contributed by atoms with Gasteiger partial charge in [0.1, 0.15) is 6.54 Å². The van der Waals surface area contributed by atoms with Gasteiger partial charge in [0.05, 0.1) is 16.3 Å². The molecule has 0 aliphatic heterocycles. The molecule has 1 aromatic carbocycles. The van der Waals surface area contributed by atoms with Gasteiger partial charge in [0.2, 0.25) is 10.0 Å². The van der Waals surface area contributed by atoms with E-state index < -0.39 is 10.0 Å². The van der Waals surface area contributed by atoms with Gasteiger partial charge < -0.3 is 10.2 Å². The van der Waals surface area contributed by atoms with Crippen molar-refractivity contribution < 1.29 is 18.1 Å². The highest BCUT2D eigenvalue weighted by Gasteiger charge is 2.22. The quantitative estimate of drug-likeness (QED) is 0.628. The van der Waals surface area contributed by atoms with Crippen LogP contribution in [0.25, 0.3) is 0 Å². The molecule has 1 atom stereocenters. The van der Waals surface area contributed by atoms with Crippen molar-refractivity contribution in [1.82, 2.24) is 4.31 Å². The SMILES string of the molecule is CCN(CC)S(=O)(=O)c1cccc(NC(=O)C[NH+](CC)Cc2cccs2)c1. The van der Waals surface area contributed by atoms with E-state index in [1.165, 1.54) is 15.2 Å². The topological polar surface area (TPSA) is 70.9 Å². The summed E-state index contributed by atoms with van der Waals surface area (Å²) in [6.07, 6.45) is 0. The van der Waals surface area contributed by atoms with Crippen molar-refractivity contribution in [1.29, 1.82) is 0 Å². The summed E-state index contributed by atoms with van der Waals surface area (Å²) >= 11 is 1.69. The fourth-order valence-corrected chi connectivity index (χ4v) is 5.13. The van der Waals surface area contributed by atoms with Gasteiger partial charge in [-0.05, 0) is 36.6 Å². The molecule has 0 saturated carbocycles. The Balaban J connectivity index is 2.05. The van der Waals surface area contributed by atoms with E-state index in [0.29, 0.717) is 25.3 Å². The second kappa shape index (κ2) is 9.98. The van der Waals surface area contributed by atoms with Crippen LogP contribution < -0.4 is 10.2 Å². The van der Waals surface area contributed by atoms with Gasteiger partial charge in [0.15, 0.2) is 6.54 Å². The Bertz CT molecular complexity index is 832. The van der Waals surface area contributed by atoms with Gasteiger partial charge in [0.25, 0.3) is 5.91 Å². The molecule has 0 radical (unpaired) electrons. The molecule has 27 heavy (non-hydrogen) atoms. The number of hydrogen-bond donors (Lipinski definition) is 2. The first-order valence-electron chi connectivity index (χ1n) is 9.16. The molecule has 0 fully saturated rings. The largest absolute Gasteiger partial charge is 0.323 e. The van der Waals surface area contributed by atoms with Gasteiger partial charge in [-0.3, -0.25) is 4.79 Å². The summed E-state index contributed by atoms with van der Waals surface area (Å²) in [7, 11) is -3.54. The predicted octanol–water partition coefficient (Wildman–Crippen LogP) is 1.82. The van der Waals surface area contributed by atoms with Crippen molar-refractivity contribution in [3.05, 3.63) is 46.7 Å². The Kier molecular flexibility index (Phi) is 7.97. The molecule has 0 spiro atoms. The van der Waals surface area contributed by atoms with Gasteiger partial charge >= 0.3 is 0 Å². The number of likely N-dealkylation sites (N-methyl/N-ethyl adjacent to an activating group) is 1. The van der Waals surface area contributed by atoms with Gasteiger partial charge in [-0.15, -0.1) is 11.3 Å². The molecule has 0 aliphatic rings. The van der Waals surface area contributed by atoms with Crippen LogP contribution in [0.2, 0.25) is 0 Å². The van der Waals surface area contributed by atoms with E-state index in [9.17, 15) is 13.2 Å². The van der Waals surface area contributed by atoms with Crippen molar-refractivity contribution >= 4 is 33.0 Å². The van der Waals surface area contributed by atoms with Crippen LogP contribution in [-0.2, 0) is 21.4 Å². The molecule has 2 aromatic rings. The smallest absolute Gasteiger partial charge is 0.279 e. The van der Waals surface area contributed by atoms with Crippen LogP contribution in [-0.4, -0.2) is 44.8 Å². The number of benzene rings is 1. The molecule has 1 unspecified atom stereocenters. The van der Waals surface area contributed by atoms with Crippen LogP contribution in [0.3, 0.4) is 0 Å². The number of quaternary nitrogens is 1. The zero-order chi connectivity index (χ0) is 19.9. The number of carbonyl (C=O) groups is 1. The molecule has 8 heteroatoms. The minimum absolute atomic E-state index is 0.124. The van der Waals surface area contributed by atoms with Crippen molar-refractivity contribution in [2.45, 2.75) is 32.2 Å². The minimum Gasteiger partial charge on any atom is -0.323 e. The standard InChI is InChI=1S/C19H27N3O3S2/c1-4-21(14-17-10-8-12-26-17)15-19(23)20-16-9-7-11-18(13-16)27(24,25)22(5-2)6-3/h7-13H,4-6,14-15H2,1-3H3,(H,20,23)/p+1. The number of nitrogens with one attached hydrogen (secondary N) is 2. The highest BCUT2D eigenvalue weighted by atomic mass is 32.2. The van der Waals surface area contributed by atoms with E-state index in [1.54, 1.807) is 29.5 Å². The van der Waals surface area contributed by atoms with E-state index >= 15 is 0 Å². The number of anilines is 1. The number of hydrogen-bond acceptors (Lipinski definition) is 4. The van der Waals surface area contributed by atoms with Crippen LogP contribution >= 0.6 is 11.3 Å². The number of thiophene rings is 1. The van der Waals surface area contributed by atoms with Crippen LogP contribution in [0.4, 0.5) is 5.69 Å². The summed E-state index contributed by atoms with van der Waals surface area (Å²) in [6.45, 7) is 8.46. The lowest BCUT2D eigenvalue weighted by Gasteiger charge is -2.19. The molecule has 1 amide bonds. The highest BCUT2D eigenvalue weighted by Crippen LogP contribution is 2.19. The van der Waals surface area contributed by atoms with Crippen LogP contribution in [0.15, 0.2) is 46.7 Å². The first-order valence-corrected chi connectivity index (χ1v) is 11.5. The maximum atomic E-state index is 12.6. The Morgan fingerprint density at radius 3 is 2.48 bits per heavy atom. The van der Waals surface area contributed by atoms with Crippen LogP contribution in [0.1, 0.15) is 25.6 Å². The molecule has 1 heterocycles. The van der Waals surface area contributed by atoms with E-state index in [1.807, 2.05) is 32.2 Å². The third-order valence-electron chi connectivity index (χ3n) is 4.38. The molecule has 2 rings (SSSR count). The summed E-state index contributed by atoms with van der Waals surface area (Å²) in [5.74, 6) is -0.124. The van der Waals surface area contributed by atoms with Crippen LogP contribution in [0, 0.1) is 0 Å². The first-order chi connectivity index (χ1) is 12.9.